The Morgan fingerprint density at radius 1 is 0.944 bits per heavy atom. The summed E-state index contributed by atoms with van der Waals surface area (Å²) in [4.78, 5) is 0. The SMILES string of the molecule is CCC(C)c1ccc(C(C)(C)C)cc1C(C)(C)C. The molecule has 0 saturated heterocycles. The van der Waals surface area contributed by atoms with Crippen molar-refractivity contribution in [3.05, 3.63) is 34.9 Å². The fourth-order valence-electron chi connectivity index (χ4n) is 2.32. The van der Waals surface area contributed by atoms with E-state index in [9.17, 15) is 0 Å². The minimum atomic E-state index is 0.222. The van der Waals surface area contributed by atoms with Gasteiger partial charge in [0, 0.05) is 0 Å². The van der Waals surface area contributed by atoms with E-state index in [1.165, 1.54) is 23.1 Å². The second kappa shape index (κ2) is 5.07. The first-order valence-electron chi connectivity index (χ1n) is 7.22. The highest BCUT2D eigenvalue weighted by atomic mass is 14.3. The Hall–Kier alpha value is -0.780. The normalized spacial score (nSPS) is 14.7. The number of benzene rings is 1. The Labute approximate surface area is 114 Å². The zero-order chi connectivity index (χ0) is 14.1. The predicted octanol–water partition coefficient (Wildman–Crippen LogP) is 5.80. The summed E-state index contributed by atoms with van der Waals surface area (Å²) in [7, 11) is 0. The first kappa shape index (κ1) is 15.3. The van der Waals surface area contributed by atoms with E-state index in [4.69, 9.17) is 0 Å². The molecule has 1 unspecified atom stereocenters. The number of hydrogen-bond acceptors (Lipinski definition) is 0. The molecular formula is C18H30. The van der Waals surface area contributed by atoms with E-state index < -0.39 is 0 Å². The molecule has 0 fully saturated rings. The van der Waals surface area contributed by atoms with Gasteiger partial charge in [0.15, 0.2) is 0 Å². The van der Waals surface area contributed by atoms with Gasteiger partial charge in [0.2, 0.25) is 0 Å². The van der Waals surface area contributed by atoms with Gasteiger partial charge in [0.1, 0.15) is 0 Å². The van der Waals surface area contributed by atoms with E-state index in [0.717, 1.165) is 0 Å². The molecule has 0 heterocycles. The van der Waals surface area contributed by atoms with Crippen LogP contribution < -0.4 is 0 Å². The molecule has 0 aromatic heterocycles. The second-order valence-electron chi connectivity index (χ2n) is 7.61. The molecule has 0 bridgehead atoms. The fourth-order valence-corrected chi connectivity index (χ4v) is 2.32. The van der Waals surface area contributed by atoms with Crippen molar-refractivity contribution in [3.63, 3.8) is 0 Å². The maximum atomic E-state index is 2.43. The highest BCUT2D eigenvalue weighted by Gasteiger charge is 2.23. The van der Waals surface area contributed by atoms with E-state index >= 15 is 0 Å². The van der Waals surface area contributed by atoms with Crippen molar-refractivity contribution >= 4 is 0 Å². The molecule has 1 aromatic rings. The first-order valence-corrected chi connectivity index (χ1v) is 7.22. The molecule has 18 heavy (non-hydrogen) atoms. The molecule has 1 atom stereocenters. The van der Waals surface area contributed by atoms with Crippen LogP contribution >= 0.6 is 0 Å². The Bertz CT molecular complexity index is 399. The maximum absolute atomic E-state index is 2.43. The molecule has 0 N–H and O–H groups in total. The summed E-state index contributed by atoms with van der Waals surface area (Å²) in [6, 6.07) is 7.10. The molecule has 0 heteroatoms. The zero-order valence-electron chi connectivity index (χ0n) is 13.5. The molecule has 1 rings (SSSR count). The van der Waals surface area contributed by atoms with Gasteiger partial charge in [-0.2, -0.15) is 0 Å². The first-order chi connectivity index (χ1) is 8.07. The molecule has 0 spiro atoms. The van der Waals surface area contributed by atoms with Gasteiger partial charge in [-0.15, -0.1) is 0 Å². The lowest BCUT2D eigenvalue weighted by molar-refractivity contribution is 0.555. The Balaban J connectivity index is 3.40. The quantitative estimate of drug-likeness (QED) is 0.619. The van der Waals surface area contributed by atoms with Gasteiger partial charge in [-0.3, -0.25) is 0 Å². The van der Waals surface area contributed by atoms with Crippen molar-refractivity contribution in [1.82, 2.24) is 0 Å². The van der Waals surface area contributed by atoms with Gasteiger partial charge in [0.25, 0.3) is 0 Å². The van der Waals surface area contributed by atoms with Gasteiger partial charge in [-0.1, -0.05) is 73.6 Å². The van der Waals surface area contributed by atoms with E-state index in [1.807, 2.05) is 0 Å². The lowest BCUT2D eigenvalue weighted by atomic mass is 9.76. The summed E-state index contributed by atoms with van der Waals surface area (Å²) in [6.45, 7) is 18.4. The average Bonchev–Trinajstić information content (AvgIpc) is 2.24. The van der Waals surface area contributed by atoms with Crippen LogP contribution in [0.5, 0.6) is 0 Å². The van der Waals surface area contributed by atoms with Gasteiger partial charge >= 0.3 is 0 Å². The van der Waals surface area contributed by atoms with E-state index in [2.05, 4.69) is 73.6 Å². The molecule has 0 aliphatic carbocycles. The van der Waals surface area contributed by atoms with Crippen LogP contribution in [-0.4, -0.2) is 0 Å². The number of rotatable bonds is 2. The summed E-state index contributed by atoms with van der Waals surface area (Å²) in [6.07, 6.45) is 1.21. The minimum Gasteiger partial charge on any atom is -0.0648 e. The van der Waals surface area contributed by atoms with Crippen LogP contribution in [0.2, 0.25) is 0 Å². The summed E-state index contributed by atoms with van der Waals surface area (Å²) in [5.41, 5.74) is 4.94. The molecule has 0 aliphatic heterocycles. The van der Waals surface area contributed by atoms with Crippen LogP contribution in [0.3, 0.4) is 0 Å². The molecule has 0 amide bonds. The monoisotopic (exact) mass is 246 g/mol. The summed E-state index contributed by atoms with van der Waals surface area (Å²) < 4.78 is 0. The maximum Gasteiger partial charge on any atom is -0.0129 e. The molecule has 1 aromatic carbocycles. The topological polar surface area (TPSA) is 0 Å². The van der Waals surface area contributed by atoms with E-state index in [-0.39, 0.29) is 10.8 Å². The van der Waals surface area contributed by atoms with Crippen molar-refractivity contribution in [2.45, 2.75) is 78.6 Å². The molecule has 0 aliphatic rings. The highest BCUT2D eigenvalue weighted by Crippen LogP contribution is 2.35. The lowest BCUT2D eigenvalue weighted by Gasteiger charge is -2.29. The molecule has 0 nitrogen and oxygen atoms in total. The highest BCUT2D eigenvalue weighted by molar-refractivity contribution is 5.40. The zero-order valence-corrected chi connectivity index (χ0v) is 13.5. The van der Waals surface area contributed by atoms with Gasteiger partial charge in [-0.05, 0) is 39.9 Å². The minimum absolute atomic E-state index is 0.222. The average molecular weight is 246 g/mol. The van der Waals surface area contributed by atoms with Crippen LogP contribution in [-0.2, 0) is 10.8 Å². The van der Waals surface area contributed by atoms with E-state index in [1.54, 1.807) is 0 Å². The van der Waals surface area contributed by atoms with E-state index in [0.29, 0.717) is 5.92 Å². The summed E-state index contributed by atoms with van der Waals surface area (Å²) in [5, 5.41) is 0. The third-order valence-electron chi connectivity index (χ3n) is 3.87. The van der Waals surface area contributed by atoms with Crippen LogP contribution in [0.15, 0.2) is 18.2 Å². The Morgan fingerprint density at radius 3 is 1.89 bits per heavy atom. The van der Waals surface area contributed by atoms with Crippen molar-refractivity contribution in [1.29, 1.82) is 0 Å². The van der Waals surface area contributed by atoms with Crippen molar-refractivity contribution in [2.24, 2.45) is 0 Å². The third-order valence-corrected chi connectivity index (χ3v) is 3.87. The predicted molar refractivity (Wildman–Crippen MR) is 82.5 cm³/mol. The molecule has 102 valence electrons. The standard InChI is InChI=1S/C18H30/c1-9-13(2)15-11-10-14(17(3,4)5)12-16(15)18(6,7)8/h10-13H,9H2,1-8H3. The molecule has 0 saturated carbocycles. The fraction of sp³-hybridized carbons (Fsp3) is 0.667. The molecular weight excluding hydrogens is 216 g/mol. The Morgan fingerprint density at radius 2 is 1.50 bits per heavy atom. The Kier molecular flexibility index (Phi) is 4.30. The van der Waals surface area contributed by atoms with Crippen molar-refractivity contribution < 1.29 is 0 Å². The van der Waals surface area contributed by atoms with Crippen LogP contribution in [0.1, 0.15) is 84.4 Å². The van der Waals surface area contributed by atoms with Gasteiger partial charge in [-0.25, -0.2) is 0 Å². The third kappa shape index (κ3) is 3.37. The van der Waals surface area contributed by atoms with Crippen LogP contribution in [0.4, 0.5) is 0 Å². The van der Waals surface area contributed by atoms with Gasteiger partial charge in [0.05, 0.1) is 0 Å². The van der Waals surface area contributed by atoms with Gasteiger partial charge < -0.3 is 0 Å². The second-order valence-corrected chi connectivity index (χ2v) is 7.61. The van der Waals surface area contributed by atoms with Crippen LogP contribution in [0, 0.1) is 0 Å². The summed E-state index contributed by atoms with van der Waals surface area (Å²) >= 11 is 0. The van der Waals surface area contributed by atoms with Crippen molar-refractivity contribution in [3.8, 4) is 0 Å². The molecule has 0 radical (unpaired) electrons. The number of hydrogen-bond donors (Lipinski definition) is 0. The smallest absolute Gasteiger partial charge is 0.0129 e. The largest absolute Gasteiger partial charge is 0.0648 e. The van der Waals surface area contributed by atoms with Crippen LogP contribution in [0.25, 0.3) is 0 Å². The summed E-state index contributed by atoms with van der Waals surface area (Å²) in [5.74, 6) is 0.647. The lowest BCUT2D eigenvalue weighted by Crippen LogP contribution is -2.19. The van der Waals surface area contributed by atoms with Crippen molar-refractivity contribution in [2.75, 3.05) is 0 Å².